The van der Waals surface area contributed by atoms with Gasteiger partial charge in [-0.25, -0.2) is 0 Å². The number of carbonyl (C=O) groups is 3. The molecule has 2 aliphatic heterocycles. The SMILES string of the molecule is O=C1C[C@@H]2C(=O)N(Cc3ccccc3)[C@H]3CCC[C@@]23C(=O)N1. The second kappa shape index (κ2) is 4.66. The quantitative estimate of drug-likeness (QED) is 0.835. The van der Waals surface area contributed by atoms with E-state index in [0.717, 1.165) is 18.4 Å². The Morgan fingerprint density at radius 3 is 2.73 bits per heavy atom. The second-order valence-electron chi connectivity index (χ2n) is 6.53. The van der Waals surface area contributed by atoms with E-state index in [0.29, 0.717) is 13.0 Å². The summed E-state index contributed by atoms with van der Waals surface area (Å²) in [5.74, 6) is -1.05. The van der Waals surface area contributed by atoms with Crippen molar-refractivity contribution in [3.05, 3.63) is 35.9 Å². The maximum atomic E-state index is 12.8. The zero-order valence-corrected chi connectivity index (χ0v) is 12.2. The Hall–Kier alpha value is -2.17. The van der Waals surface area contributed by atoms with Crippen molar-refractivity contribution in [3.8, 4) is 0 Å². The summed E-state index contributed by atoms with van der Waals surface area (Å²) >= 11 is 0. The first-order valence-corrected chi connectivity index (χ1v) is 7.81. The van der Waals surface area contributed by atoms with E-state index in [-0.39, 0.29) is 30.2 Å². The van der Waals surface area contributed by atoms with E-state index in [1.807, 2.05) is 35.2 Å². The highest BCUT2D eigenvalue weighted by atomic mass is 16.2. The number of carbonyl (C=O) groups excluding carboxylic acids is 3. The third-order valence-corrected chi connectivity index (χ3v) is 5.50. The molecule has 0 bridgehead atoms. The predicted molar refractivity (Wildman–Crippen MR) is 78.3 cm³/mol. The molecule has 1 aliphatic carbocycles. The number of likely N-dealkylation sites (tertiary alicyclic amines) is 1. The average molecular weight is 298 g/mol. The minimum Gasteiger partial charge on any atom is -0.334 e. The van der Waals surface area contributed by atoms with Crippen LogP contribution < -0.4 is 5.32 Å². The van der Waals surface area contributed by atoms with Gasteiger partial charge in [-0.15, -0.1) is 0 Å². The largest absolute Gasteiger partial charge is 0.334 e. The minimum atomic E-state index is -0.681. The maximum Gasteiger partial charge on any atom is 0.235 e. The fourth-order valence-electron chi connectivity index (χ4n) is 4.57. The summed E-state index contributed by atoms with van der Waals surface area (Å²) in [6, 6.07) is 9.74. The number of piperidine rings is 1. The Bertz CT molecular complexity index is 657. The van der Waals surface area contributed by atoms with Gasteiger partial charge in [0.15, 0.2) is 0 Å². The van der Waals surface area contributed by atoms with Gasteiger partial charge >= 0.3 is 0 Å². The van der Waals surface area contributed by atoms with Crippen molar-refractivity contribution >= 4 is 17.7 Å². The predicted octanol–water partition coefficient (Wildman–Crippen LogP) is 1.23. The summed E-state index contributed by atoms with van der Waals surface area (Å²) in [4.78, 5) is 38.9. The van der Waals surface area contributed by atoms with E-state index >= 15 is 0 Å². The molecule has 1 aromatic rings. The van der Waals surface area contributed by atoms with Crippen LogP contribution in [0.25, 0.3) is 0 Å². The lowest BCUT2D eigenvalue weighted by molar-refractivity contribution is -0.148. The lowest BCUT2D eigenvalue weighted by Crippen LogP contribution is -2.55. The van der Waals surface area contributed by atoms with Gasteiger partial charge in [-0.2, -0.15) is 0 Å². The van der Waals surface area contributed by atoms with Gasteiger partial charge in [0, 0.05) is 19.0 Å². The van der Waals surface area contributed by atoms with Crippen molar-refractivity contribution in [1.29, 1.82) is 0 Å². The third kappa shape index (κ3) is 1.68. The molecule has 0 radical (unpaired) electrons. The van der Waals surface area contributed by atoms with E-state index in [2.05, 4.69) is 5.32 Å². The van der Waals surface area contributed by atoms with E-state index in [1.165, 1.54) is 0 Å². The van der Waals surface area contributed by atoms with Gasteiger partial charge in [0.05, 0.1) is 11.3 Å². The number of rotatable bonds is 2. The number of hydrogen-bond donors (Lipinski definition) is 1. The van der Waals surface area contributed by atoms with Crippen molar-refractivity contribution in [2.45, 2.75) is 38.3 Å². The van der Waals surface area contributed by atoms with Crippen LogP contribution >= 0.6 is 0 Å². The van der Waals surface area contributed by atoms with Crippen LogP contribution in [0.4, 0.5) is 0 Å². The summed E-state index contributed by atoms with van der Waals surface area (Å²) in [5, 5.41) is 2.46. The van der Waals surface area contributed by atoms with E-state index in [9.17, 15) is 14.4 Å². The van der Waals surface area contributed by atoms with Gasteiger partial charge in [0.25, 0.3) is 0 Å². The first-order chi connectivity index (χ1) is 10.6. The van der Waals surface area contributed by atoms with Gasteiger partial charge in [0.2, 0.25) is 17.7 Å². The molecule has 3 fully saturated rings. The van der Waals surface area contributed by atoms with E-state index in [1.54, 1.807) is 0 Å². The topological polar surface area (TPSA) is 66.5 Å². The number of nitrogens with one attached hydrogen (secondary N) is 1. The summed E-state index contributed by atoms with van der Waals surface area (Å²) in [5.41, 5.74) is 0.378. The summed E-state index contributed by atoms with van der Waals surface area (Å²) < 4.78 is 0. The van der Waals surface area contributed by atoms with Gasteiger partial charge < -0.3 is 4.90 Å². The maximum absolute atomic E-state index is 12.8. The molecule has 3 amide bonds. The molecular formula is C17H18N2O3. The Morgan fingerprint density at radius 1 is 1.18 bits per heavy atom. The molecule has 1 spiro atoms. The van der Waals surface area contributed by atoms with Crippen LogP contribution in [0.1, 0.15) is 31.2 Å². The van der Waals surface area contributed by atoms with Gasteiger partial charge in [-0.3, -0.25) is 19.7 Å². The highest BCUT2D eigenvalue weighted by Gasteiger charge is 2.66. The van der Waals surface area contributed by atoms with Crippen molar-refractivity contribution in [1.82, 2.24) is 10.2 Å². The Kier molecular flexibility index (Phi) is 2.86. The summed E-state index contributed by atoms with van der Waals surface area (Å²) in [6.45, 7) is 0.518. The van der Waals surface area contributed by atoms with Gasteiger partial charge in [-0.05, 0) is 18.4 Å². The molecule has 5 heteroatoms. The van der Waals surface area contributed by atoms with Crippen LogP contribution in [0.5, 0.6) is 0 Å². The van der Waals surface area contributed by atoms with E-state index in [4.69, 9.17) is 0 Å². The van der Waals surface area contributed by atoms with Crippen LogP contribution in [0.3, 0.4) is 0 Å². The van der Waals surface area contributed by atoms with Crippen molar-refractivity contribution in [2.75, 3.05) is 0 Å². The molecule has 114 valence electrons. The molecule has 1 N–H and O–H groups in total. The van der Waals surface area contributed by atoms with Crippen LogP contribution in [0.15, 0.2) is 30.3 Å². The minimum absolute atomic E-state index is 0.0308. The monoisotopic (exact) mass is 298 g/mol. The average Bonchev–Trinajstić information content (AvgIpc) is 3.02. The fourth-order valence-corrected chi connectivity index (χ4v) is 4.57. The second-order valence-corrected chi connectivity index (χ2v) is 6.53. The number of hydrogen-bond acceptors (Lipinski definition) is 3. The van der Waals surface area contributed by atoms with Crippen LogP contribution in [0.2, 0.25) is 0 Å². The standard InChI is InChI=1S/C17H18N2O3/c20-14-9-12-15(21)19(10-11-5-2-1-3-6-11)13-7-4-8-17(12,13)16(22)18-14/h1-3,5-6,12-13H,4,7-10H2,(H,18,20,22)/t12-,13+,17-/m1/s1. The number of imide groups is 1. The Morgan fingerprint density at radius 2 is 1.95 bits per heavy atom. The highest BCUT2D eigenvalue weighted by Crippen LogP contribution is 2.55. The number of benzene rings is 1. The highest BCUT2D eigenvalue weighted by molar-refractivity contribution is 6.07. The first-order valence-electron chi connectivity index (χ1n) is 7.81. The molecule has 5 nitrogen and oxygen atoms in total. The van der Waals surface area contributed by atoms with Gasteiger partial charge in [-0.1, -0.05) is 36.8 Å². The molecule has 3 aliphatic rings. The molecular weight excluding hydrogens is 280 g/mol. The molecule has 2 saturated heterocycles. The van der Waals surface area contributed by atoms with Crippen LogP contribution in [-0.2, 0) is 20.9 Å². The zero-order chi connectivity index (χ0) is 15.3. The molecule has 4 rings (SSSR count). The van der Waals surface area contributed by atoms with Crippen molar-refractivity contribution in [2.24, 2.45) is 11.3 Å². The molecule has 1 saturated carbocycles. The molecule has 2 heterocycles. The first kappa shape index (κ1) is 13.5. The summed E-state index contributed by atoms with van der Waals surface area (Å²) in [7, 11) is 0. The summed E-state index contributed by atoms with van der Waals surface area (Å²) in [6.07, 6.45) is 2.63. The Balaban J connectivity index is 1.71. The lowest BCUT2D eigenvalue weighted by atomic mass is 9.70. The van der Waals surface area contributed by atoms with Crippen molar-refractivity contribution < 1.29 is 14.4 Å². The Labute approximate surface area is 128 Å². The molecule has 0 aromatic heterocycles. The number of amides is 3. The van der Waals surface area contributed by atoms with E-state index < -0.39 is 11.3 Å². The lowest BCUT2D eigenvalue weighted by Gasteiger charge is -2.35. The number of nitrogens with zero attached hydrogens (tertiary/aromatic N) is 1. The molecule has 3 atom stereocenters. The molecule has 0 unspecified atom stereocenters. The van der Waals surface area contributed by atoms with Crippen LogP contribution in [0, 0.1) is 11.3 Å². The fraction of sp³-hybridized carbons (Fsp3) is 0.471. The third-order valence-electron chi connectivity index (χ3n) is 5.50. The smallest absolute Gasteiger partial charge is 0.235 e. The normalized spacial score (nSPS) is 33.6. The zero-order valence-electron chi connectivity index (χ0n) is 12.2. The van der Waals surface area contributed by atoms with Crippen LogP contribution in [-0.4, -0.2) is 28.7 Å². The van der Waals surface area contributed by atoms with Crippen molar-refractivity contribution in [3.63, 3.8) is 0 Å². The van der Waals surface area contributed by atoms with Gasteiger partial charge in [0.1, 0.15) is 0 Å². The molecule has 1 aromatic carbocycles. The molecule has 22 heavy (non-hydrogen) atoms.